The summed E-state index contributed by atoms with van der Waals surface area (Å²) in [6.07, 6.45) is 50.1. The molecule has 352 valence electrons. The van der Waals surface area contributed by atoms with Gasteiger partial charge in [-0.1, -0.05) is 155 Å². The predicted octanol–water partition coefficient (Wildman–Crippen LogP) is 15.9. The summed E-state index contributed by atoms with van der Waals surface area (Å²) in [4.78, 5) is 2.61. The molecule has 1 aliphatic heterocycles. The monoisotopic (exact) mass is 848 g/mol. The van der Waals surface area contributed by atoms with Gasteiger partial charge in [-0.05, 0) is 162 Å². The first-order valence-electron chi connectivity index (χ1n) is 27.3. The van der Waals surface area contributed by atoms with Crippen LogP contribution in [0.4, 0.5) is 0 Å². The first-order chi connectivity index (χ1) is 29.7. The summed E-state index contributed by atoms with van der Waals surface area (Å²) < 4.78 is 19.5. The number of ether oxygens (including phenoxy) is 3. The maximum absolute atomic E-state index is 6.65. The number of nitrogens with zero attached hydrogens (tertiary/aromatic N) is 1. The molecule has 0 bridgehead atoms. The molecule has 4 heteroatoms. The molecule has 4 fully saturated rings. The van der Waals surface area contributed by atoms with Crippen molar-refractivity contribution in [2.45, 2.75) is 234 Å². The van der Waals surface area contributed by atoms with Gasteiger partial charge in [-0.3, -0.25) is 0 Å². The Morgan fingerprint density at radius 3 is 2.18 bits per heavy atom. The fourth-order valence-electron chi connectivity index (χ4n) is 13.6. The zero-order valence-corrected chi connectivity index (χ0v) is 41.4. The fraction of sp³-hybridized carbons (Fsp3) is 0.895. The highest BCUT2D eigenvalue weighted by Gasteiger charge is 2.59. The number of fused-ring (bicyclic) bond motifs is 5. The molecule has 3 saturated carbocycles. The van der Waals surface area contributed by atoms with Crippen molar-refractivity contribution in [3.05, 3.63) is 36.0 Å². The van der Waals surface area contributed by atoms with E-state index in [1.807, 2.05) is 0 Å². The van der Waals surface area contributed by atoms with Crippen LogP contribution in [0.1, 0.15) is 221 Å². The van der Waals surface area contributed by atoms with Crippen LogP contribution >= 0.6 is 0 Å². The minimum atomic E-state index is 0.145. The van der Waals surface area contributed by atoms with E-state index in [9.17, 15) is 0 Å². The molecule has 0 amide bonds. The minimum Gasteiger partial charge on any atom is -0.379 e. The highest BCUT2D eigenvalue weighted by molar-refractivity contribution is 5.25. The van der Waals surface area contributed by atoms with Crippen molar-refractivity contribution in [1.29, 1.82) is 0 Å². The third-order valence-electron chi connectivity index (χ3n) is 17.3. The van der Waals surface area contributed by atoms with Gasteiger partial charge in [0.1, 0.15) is 0 Å². The number of unbranched alkanes of at least 4 members (excludes halogenated alkanes) is 11. The quantitative estimate of drug-likeness (QED) is 0.0514. The highest BCUT2D eigenvalue weighted by Crippen LogP contribution is 2.67. The summed E-state index contributed by atoms with van der Waals surface area (Å²) in [6.45, 7) is 21.5. The standard InChI is InChI=1S/C57H101NO3/c1-7-8-9-10-11-12-13-14-15-16-17-18-19-20-21-22-23-27-41-59-46-51(45-58-39-25-24-26-40-58)61-43-42-60-50-35-37-56(5)49(44-50)31-32-52-54-34-33-53(48(4)30-28-29-47(2)3)57(54,6)38-36-55(52)56/h11-12,14-15,31,47-48,50-55H,7-10,13,16-30,32-46H2,1-6H3/t48-,50+,51?,52+,53-,54+,55+,56+,57-/m1/s1. The lowest BCUT2D eigenvalue weighted by Gasteiger charge is -2.58. The van der Waals surface area contributed by atoms with Crippen molar-refractivity contribution in [3.8, 4) is 0 Å². The molecule has 0 aromatic rings. The molecular formula is C57H101NO3. The Kier molecular flexibility index (Phi) is 23.6. The van der Waals surface area contributed by atoms with Gasteiger partial charge in [-0.2, -0.15) is 0 Å². The minimum absolute atomic E-state index is 0.145. The van der Waals surface area contributed by atoms with Crippen LogP contribution in [-0.4, -0.2) is 63.2 Å². The Balaban J connectivity index is 0.937. The lowest BCUT2D eigenvalue weighted by atomic mass is 9.47. The van der Waals surface area contributed by atoms with E-state index in [0.717, 1.165) is 68.1 Å². The second kappa shape index (κ2) is 28.2. The first kappa shape index (κ1) is 51.1. The van der Waals surface area contributed by atoms with Crippen LogP contribution in [0.5, 0.6) is 0 Å². The SMILES string of the molecule is CCCCCC=CCC=CCCCCCCCCCCOCC(CN1CCCCC1)OCCO[C@H]1CC[C@@]2(C)C(=CC[C@H]3[C@@H]4CC[C@H]([C@H](C)CCCC(C)C)[C@@]4(C)CC[C@@H]32)C1. The molecule has 1 heterocycles. The summed E-state index contributed by atoms with van der Waals surface area (Å²) in [7, 11) is 0. The van der Waals surface area contributed by atoms with Gasteiger partial charge in [0.15, 0.2) is 0 Å². The van der Waals surface area contributed by atoms with Gasteiger partial charge >= 0.3 is 0 Å². The molecule has 0 aromatic heterocycles. The number of hydrogen-bond acceptors (Lipinski definition) is 4. The predicted molar refractivity (Wildman–Crippen MR) is 262 cm³/mol. The smallest absolute Gasteiger partial charge is 0.0936 e. The lowest BCUT2D eigenvalue weighted by Crippen LogP contribution is -2.51. The highest BCUT2D eigenvalue weighted by atomic mass is 16.6. The molecule has 61 heavy (non-hydrogen) atoms. The zero-order chi connectivity index (χ0) is 43.2. The van der Waals surface area contributed by atoms with Crippen molar-refractivity contribution >= 4 is 0 Å². The van der Waals surface area contributed by atoms with Gasteiger partial charge < -0.3 is 19.1 Å². The molecular weight excluding hydrogens is 747 g/mol. The maximum Gasteiger partial charge on any atom is 0.0936 e. The van der Waals surface area contributed by atoms with E-state index in [1.165, 1.54) is 180 Å². The number of hydrogen-bond donors (Lipinski definition) is 0. The van der Waals surface area contributed by atoms with Gasteiger partial charge in [0, 0.05) is 13.2 Å². The summed E-state index contributed by atoms with van der Waals surface area (Å²) in [5, 5.41) is 0. The molecule has 5 aliphatic rings. The van der Waals surface area contributed by atoms with E-state index >= 15 is 0 Å². The van der Waals surface area contributed by atoms with E-state index in [1.54, 1.807) is 5.57 Å². The molecule has 4 aliphatic carbocycles. The number of allylic oxidation sites excluding steroid dienone is 5. The average molecular weight is 848 g/mol. The molecule has 4 nitrogen and oxygen atoms in total. The van der Waals surface area contributed by atoms with E-state index in [-0.39, 0.29) is 6.10 Å². The van der Waals surface area contributed by atoms with Crippen molar-refractivity contribution < 1.29 is 14.2 Å². The fourth-order valence-corrected chi connectivity index (χ4v) is 13.6. The van der Waals surface area contributed by atoms with Crippen molar-refractivity contribution in [1.82, 2.24) is 4.90 Å². The zero-order valence-electron chi connectivity index (χ0n) is 41.4. The Morgan fingerprint density at radius 2 is 1.44 bits per heavy atom. The Hall–Kier alpha value is -0.940. The van der Waals surface area contributed by atoms with Crippen LogP contribution in [0.3, 0.4) is 0 Å². The van der Waals surface area contributed by atoms with Gasteiger partial charge in [0.2, 0.25) is 0 Å². The van der Waals surface area contributed by atoms with Gasteiger partial charge in [0.25, 0.3) is 0 Å². The van der Waals surface area contributed by atoms with Gasteiger partial charge in [-0.25, -0.2) is 0 Å². The Morgan fingerprint density at radius 1 is 0.721 bits per heavy atom. The number of piperidine rings is 1. The molecule has 9 atom stereocenters. The third kappa shape index (κ3) is 16.5. The van der Waals surface area contributed by atoms with Crippen molar-refractivity contribution in [2.75, 3.05) is 46.1 Å². The van der Waals surface area contributed by atoms with Crippen LogP contribution < -0.4 is 0 Å². The van der Waals surface area contributed by atoms with Crippen LogP contribution in [0, 0.1) is 46.3 Å². The summed E-state index contributed by atoms with van der Waals surface area (Å²) in [5.41, 5.74) is 2.71. The van der Waals surface area contributed by atoms with E-state index < -0.39 is 0 Å². The van der Waals surface area contributed by atoms with E-state index in [4.69, 9.17) is 14.2 Å². The Bertz CT molecular complexity index is 1250. The summed E-state index contributed by atoms with van der Waals surface area (Å²) >= 11 is 0. The van der Waals surface area contributed by atoms with Crippen LogP contribution in [0.2, 0.25) is 0 Å². The molecule has 1 saturated heterocycles. The molecule has 0 spiro atoms. The van der Waals surface area contributed by atoms with E-state index in [2.05, 4.69) is 76.8 Å². The second-order valence-electron chi connectivity index (χ2n) is 22.2. The molecule has 0 N–H and O–H groups in total. The van der Waals surface area contributed by atoms with E-state index in [0.29, 0.717) is 30.1 Å². The second-order valence-corrected chi connectivity index (χ2v) is 22.2. The largest absolute Gasteiger partial charge is 0.379 e. The Labute approximate surface area is 379 Å². The number of likely N-dealkylation sites (tertiary alicyclic amines) is 1. The average Bonchev–Trinajstić information content (AvgIpc) is 3.62. The van der Waals surface area contributed by atoms with Gasteiger partial charge in [0.05, 0.1) is 32.0 Å². The summed E-state index contributed by atoms with van der Waals surface area (Å²) in [5.74, 6) is 5.39. The molecule has 5 rings (SSSR count). The molecule has 1 unspecified atom stereocenters. The van der Waals surface area contributed by atoms with Crippen LogP contribution in [-0.2, 0) is 14.2 Å². The van der Waals surface area contributed by atoms with Crippen LogP contribution in [0.15, 0.2) is 36.0 Å². The first-order valence-corrected chi connectivity index (χ1v) is 27.3. The molecule has 0 aromatic carbocycles. The van der Waals surface area contributed by atoms with Crippen molar-refractivity contribution in [3.63, 3.8) is 0 Å². The normalized spacial score (nSPS) is 30.5. The lowest BCUT2D eigenvalue weighted by molar-refractivity contribution is -0.0803. The topological polar surface area (TPSA) is 30.9 Å². The molecule has 0 radical (unpaired) electrons. The third-order valence-corrected chi connectivity index (χ3v) is 17.3. The maximum atomic E-state index is 6.65. The van der Waals surface area contributed by atoms with Crippen LogP contribution in [0.25, 0.3) is 0 Å². The van der Waals surface area contributed by atoms with Gasteiger partial charge in [-0.15, -0.1) is 0 Å². The van der Waals surface area contributed by atoms with Crippen molar-refractivity contribution in [2.24, 2.45) is 46.3 Å². The summed E-state index contributed by atoms with van der Waals surface area (Å²) in [6, 6.07) is 0. The number of rotatable bonds is 31.